The highest BCUT2D eigenvalue weighted by Gasteiger charge is 2.31. The number of aryl methyl sites for hydroxylation is 1. The average molecular weight is 545 g/mol. The summed E-state index contributed by atoms with van der Waals surface area (Å²) in [4.78, 5) is 47.6. The van der Waals surface area contributed by atoms with Crippen LogP contribution in [0.4, 0.5) is 5.95 Å². The number of carbonyl (C=O) groups is 2. The van der Waals surface area contributed by atoms with Gasteiger partial charge in [-0.05, 0) is 29.0 Å². The van der Waals surface area contributed by atoms with Crippen LogP contribution in [0.3, 0.4) is 0 Å². The van der Waals surface area contributed by atoms with Gasteiger partial charge in [-0.1, -0.05) is 18.1 Å². The molecular formula is C25H24N10O3S. The van der Waals surface area contributed by atoms with Crippen LogP contribution in [0.2, 0.25) is 0 Å². The van der Waals surface area contributed by atoms with Crippen molar-refractivity contribution in [1.29, 1.82) is 0 Å². The zero-order valence-electron chi connectivity index (χ0n) is 21.2. The quantitative estimate of drug-likeness (QED) is 0.239. The fraction of sp³-hybridized carbons (Fsp3) is 0.280. The molecule has 13 nitrogen and oxygen atoms in total. The third kappa shape index (κ3) is 4.37. The van der Waals surface area contributed by atoms with Crippen molar-refractivity contribution in [2.75, 3.05) is 38.2 Å². The van der Waals surface area contributed by atoms with Crippen LogP contribution in [-0.2, 0) is 11.2 Å². The molecule has 1 amide bonds. The molecule has 5 aromatic rings. The lowest BCUT2D eigenvalue weighted by molar-refractivity contribution is -0.126. The second-order valence-corrected chi connectivity index (χ2v) is 9.90. The number of pyridine rings is 2. The molecule has 1 fully saturated rings. The molecule has 39 heavy (non-hydrogen) atoms. The largest absolute Gasteiger partial charge is 0.494 e. The van der Waals surface area contributed by atoms with Crippen molar-refractivity contribution < 1.29 is 14.3 Å². The van der Waals surface area contributed by atoms with Crippen LogP contribution in [0.15, 0.2) is 43.0 Å². The van der Waals surface area contributed by atoms with E-state index in [1.165, 1.54) is 7.11 Å². The predicted molar refractivity (Wildman–Crippen MR) is 143 cm³/mol. The first kappa shape index (κ1) is 24.6. The first-order valence-electron chi connectivity index (χ1n) is 12.4. The third-order valence-corrected chi connectivity index (χ3v) is 7.74. The van der Waals surface area contributed by atoms with Gasteiger partial charge in [0.25, 0.3) is 17.6 Å². The van der Waals surface area contributed by atoms with Gasteiger partial charge in [-0.15, -0.1) is 11.3 Å². The van der Waals surface area contributed by atoms with Crippen molar-refractivity contribution >= 4 is 39.9 Å². The summed E-state index contributed by atoms with van der Waals surface area (Å²) < 4.78 is 7.07. The Balaban J connectivity index is 1.22. The lowest BCUT2D eigenvalue weighted by Gasteiger charge is -2.34. The minimum Gasteiger partial charge on any atom is -0.494 e. The van der Waals surface area contributed by atoms with Gasteiger partial charge in [-0.3, -0.25) is 9.59 Å². The van der Waals surface area contributed by atoms with Crippen LogP contribution in [0.25, 0.3) is 27.3 Å². The van der Waals surface area contributed by atoms with E-state index in [2.05, 4.69) is 35.5 Å². The Bertz CT molecular complexity index is 1650. The van der Waals surface area contributed by atoms with Gasteiger partial charge >= 0.3 is 0 Å². The van der Waals surface area contributed by atoms with Crippen molar-refractivity contribution in [3.05, 3.63) is 53.6 Å². The molecule has 0 spiro atoms. The van der Waals surface area contributed by atoms with Crippen molar-refractivity contribution in [3.63, 3.8) is 0 Å². The fourth-order valence-electron chi connectivity index (χ4n) is 4.60. The number of fused-ring (bicyclic) bond motifs is 1. The number of aromatic amines is 1. The van der Waals surface area contributed by atoms with E-state index in [0.717, 1.165) is 16.3 Å². The topological polar surface area (TPSA) is 148 Å². The van der Waals surface area contributed by atoms with E-state index in [9.17, 15) is 9.59 Å². The summed E-state index contributed by atoms with van der Waals surface area (Å²) in [5, 5.41) is 13.5. The van der Waals surface area contributed by atoms with E-state index >= 15 is 0 Å². The first-order valence-corrected chi connectivity index (χ1v) is 13.2. The highest BCUT2D eigenvalue weighted by Crippen LogP contribution is 2.36. The lowest BCUT2D eigenvalue weighted by Crippen LogP contribution is -2.51. The van der Waals surface area contributed by atoms with Crippen molar-refractivity contribution in [2.45, 2.75) is 13.3 Å². The molecule has 0 aromatic carbocycles. The van der Waals surface area contributed by atoms with Crippen LogP contribution in [-0.4, -0.2) is 90.0 Å². The Kier molecular flexibility index (Phi) is 6.44. The number of Topliss-reactive ketones (excluding diaryl/α,β-unsaturated/α-hetero) is 1. The minimum atomic E-state index is -0.609. The standard InChI is InChI=1S/C25H24N10O3S/c1-3-19-27-14-17(39-19)21-22-20(16(38-2)13-29-21)15(12-28-22)23(36)24(37)33-8-10-34(11-9-33)25-30-31-32-35(25)18-6-4-5-7-26-18/h4-7,12-14,28H,3,8-11H2,1-2H3. The maximum absolute atomic E-state index is 13.5. The van der Waals surface area contributed by atoms with Crippen molar-refractivity contribution in [2.24, 2.45) is 0 Å². The number of amides is 1. The van der Waals surface area contributed by atoms with Crippen LogP contribution < -0.4 is 9.64 Å². The molecule has 198 valence electrons. The number of anilines is 1. The average Bonchev–Trinajstić information content (AvgIpc) is 3.76. The number of hydrogen-bond acceptors (Lipinski definition) is 11. The van der Waals surface area contributed by atoms with Crippen molar-refractivity contribution in [1.82, 2.24) is 45.0 Å². The molecule has 0 unspecified atom stereocenters. The van der Waals surface area contributed by atoms with E-state index in [0.29, 0.717) is 60.3 Å². The maximum Gasteiger partial charge on any atom is 0.295 e. The smallest absolute Gasteiger partial charge is 0.295 e. The first-order chi connectivity index (χ1) is 19.1. The Hall–Kier alpha value is -4.72. The number of carbonyl (C=O) groups excluding carboxylic acids is 2. The van der Waals surface area contributed by atoms with Crippen LogP contribution in [0.5, 0.6) is 5.75 Å². The van der Waals surface area contributed by atoms with Gasteiger partial charge < -0.3 is 19.5 Å². The number of ketones is 1. The number of piperazine rings is 1. The second kappa shape index (κ2) is 10.2. The number of nitrogens with zero attached hydrogens (tertiary/aromatic N) is 9. The molecule has 6 rings (SSSR count). The molecular weight excluding hydrogens is 520 g/mol. The normalized spacial score (nSPS) is 13.7. The molecule has 0 bridgehead atoms. The van der Waals surface area contributed by atoms with Gasteiger partial charge in [0.1, 0.15) is 11.4 Å². The third-order valence-electron chi connectivity index (χ3n) is 6.59. The Morgan fingerprint density at radius 3 is 2.67 bits per heavy atom. The molecule has 1 N–H and O–H groups in total. The Morgan fingerprint density at radius 1 is 1.10 bits per heavy atom. The van der Waals surface area contributed by atoms with Gasteiger partial charge in [0, 0.05) is 44.8 Å². The molecule has 0 aliphatic carbocycles. The fourth-order valence-corrected chi connectivity index (χ4v) is 5.46. The van der Waals surface area contributed by atoms with Gasteiger partial charge in [-0.2, -0.15) is 4.68 Å². The molecule has 0 radical (unpaired) electrons. The zero-order valence-corrected chi connectivity index (χ0v) is 22.1. The van der Waals surface area contributed by atoms with Crippen LogP contribution >= 0.6 is 11.3 Å². The van der Waals surface area contributed by atoms with Crippen molar-refractivity contribution in [3.8, 4) is 22.1 Å². The monoisotopic (exact) mass is 544 g/mol. The number of H-pyrrole nitrogens is 1. The molecule has 5 aromatic heterocycles. The molecule has 1 saturated heterocycles. The molecule has 6 heterocycles. The summed E-state index contributed by atoms with van der Waals surface area (Å²) in [5.74, 6) is 0.353. The number of methoxy groups -OCH3 is 1. The molecule has 0 saturated carbocycles. The van der Waals surface area contributed by atoms with Gasteiger partial charge in [0.05, 0.1) is 39.7 Å². The Labute approximate surface area is 226 Å². The van der Waals surface area contributed by atoms with Crippen LogP contribution in [0.1, 0.15) is 22.3 Å². The van der Waals surface area contributed by atoms with Gasteiger partial charge in [-0.25, -0.2) is 15.0 Å². The summed E-state index contributed by atoms with van der Waals surface area (Å²) in [6.45, 7) is 3.64. The zero-order chi connectivity index (χ0) is 26.9. The molecule has 1 aliphatic rings. The van der Waals surface area contributed by atoms with E-state index in [-0.39, 0.29) is 5.56 Å². The minimum absolute atomic E-state index is 0.247. The summed E-state index contributed by atoms with van der Waals surface area (Å²) in [6, 6.07) is 5.48. The predicted octanol–water partition coefficient (Wildman–Crippen LogP) is 2.16. The number of ether oxygens (including phenoxy) is 1. The SMILES string of the molecule is CCc1ncc(-c2ncc(OC)c3c(C(=O)C(=O)N4CCN(c5nnnn5-c5ccccn5)CC4)c[nH]c23)s1. The number of hydrogen-bond donors (Lipinski definition) is 1. The second-order valence-electron chi connectivity index (χ2n) is 8.79. The summed E-state index contributed by atoms with van der Waals surface area (Å²) in [7, 11) is 1.51. The molecule has 0 atom stereocenters. The Morgan fingerprint density at radius 2 is 1.95 bits per heavy atom. The van der Waals surface area contributed by atoms with Gasteiger partial charge in [0.15, 0.2) is 5.82 Å². The summed E-state index contributed by atoms with van der Waals surface area (Å²) in [5.41, 5.74) is 1.54. The number of tetrazole rings is 1. The number of nitrogens with one attached hydrogen (secondary N) is 1. The highest BCUT2D eigenvalue weighted by molar-refractivity contribution is 7.15. The van der Waals surface area contributed by atoms with E-state index in [4.69, 9.17) is 4.74 Å². The number of aromatic nitrogens is 8. The number of thiazole rings is 1. The maximum atomic E-state index is 13.5. The van der Waals surface area contributed by atoms with Crippen LogP contribution in [0, 0.1) is 0 Å². The molecule has 1 aliphatic heterocycles. The summed E-state index contributed by atoms with van der Waals surface area (Å²) >= 11 is 1.54. The van der Waals surface area contributed by atoms with E-state index in [1.54, 1.807) is 45.7 Å². The van der Waals surface area contributed by atoms with E-state index in [1.807, 2.05) is 30.0 Å². The highest BCUT2D eigenvalue weighted by atomic mass is 32.1. The lowest BCUT2D eigenvalue weighted by atomic mass is 10.1. The number of rotatable bonds is 7. The molecule has 14 heteroatoms. The van der Waals surface area contributed by atoms with Gasteiger partial charge in [0.2, 0.25) is 0 Å². The van der Waals surface area contributed by atoms with E-state index < -0.39 is 11.7 Å². The summed E-state index contributed by atoms with van der Waals surface area (Å²) in [6.07, 6.45) is 7.38.